The van der Waals surface area contributed by atoms with Gasteiger partial charge in [-0.1, -0.05) is 90.4 Å². The largest absolute Gasteiger partial charge is 0.606 e. The molecular formula is C27H57NO7P+. The van der Waals surface area contributed by atoms with Gasteiger partial charge in [0.05, 0.1) is 27.2 Å². The van der Waals surface area contributed by atoms with Gasteiger partial charge < -0.3 is 18.9 Å². The zero-order valence-corrected chi connectivity index (χ0v) is 25.1. The molecule has 0 heterocycles. The molecule has 9 heteroatoms. The molecule has 36 heavy (non-hydrogen) atoms. The van der Waals surface area contributed by atoms with E-state index in [1.165, 1.54) is 84.0 Å². The van der Waals surface area contributed by atoms with Gasteiger partial charge >= 0.3 is 14.1 Å². The van der Waals surface area contributed by atoms with Crippen molar-refractivity contribution in [1.82, 2.24) is 0 Å². The van der Waals surface area contributed by atoms with Crippen LogP contribution in [0, 0.1) is 0 Å². The van der Waals surface area contributed by atoms with E-state index in [4.69, 9.17) is 18.5 Å². The van der Waals surface area contributed by atoms with Gasteiger partial charge in [-0.2, -0.15) is 13.9 Å². The molecule has 0 aliphatic heterocycles. The Morgan fingerprint density at radius 3 is 1.75 bits per heavy atom. The van der Waals surface area contributed by atoms with Crippen molar-refractivity contribution in [2.45, 2.75) is 123 Å². The highest BCUT2D eigenvalue weighted by molar-refractivity contribution is 7.52. The van der Waals surface area contributed by atoms with Gasteiger partial charge in [0.25, 0.3) is 0 Å². The molecule has 0 aromatic rings. The minimum absolute atomic E-state index is 0.0840. The standard InChI is InChI=1S/C27H56NO7P/c1-7-8-9-10-11-12-13-14-15-16-17-18-19-20-22-32-25(2)27(35-26(3)29)24-34-36(30,31)33-23-21-28(4,5)6/h25,27H,7-24H2,1-6H3/p+1/t25-,27?/m0/s1. The van der Waals surface area contributed by atoms with Gasteiger partial charge in [0, 0.05) is 13.5 Å². The number of likely N-dealkylation sites (N-methyl/N-ethyl adjacent to an activating group) is 1. The number of unbranched alkanes of at least 4 members (excludes halogenated alkanes) is 13. The first kappa shape index (κ1) is 35.7. The predicted octanol–water partition coefficient (Wildman–Crippen LogP) is 5.57. The lowest BCUT2D eigenvalue weighted by Gasteiger charge is -2.27. The first-order valence-corrected chi connectivity index (χ1v) is 15.7. The highest BCUT2D eigenvalue weighted by Crippen LogP contribution is 2.47. The maximum atomic E-state index is 12.1. The minimum atomic E-state index is -4.24. The summed E-state index contributed by atoms with van der Waals surface area (Å²) >= 11 is 0. The van der Waals surface area contributed by atoms with Crippen LogP contribution in [0.3, 0.4) is 0 Å². The number of hydrogen-bond acceptors (Lipinski definition) is 7. The zero-order valence-electron chi connectivity index (χ0n) is 24.2. The molecule has 1 N–H and O–H groups in total. The Balaban J connectivity index is 3.93. The highest BCUT2D eigenvalue weighted by Gasteiger charge is 2.32. The Bertz CT molecular complexity index is 529. The van der Waals surface area contributed by atoms with Crippen LogP contribution in [0.5, 0.6) is 0 Å². The SMILES string of the molecule is CCCCCCCCCCCCCCCCO[C@@H](C)C(CO[P+]([O-])(O)OCC[N+](C)(C)C)OC(C)=O. The minimum Gasteiger partial charge on any atom is -0.606 e. The molecule has 0 amide bonds. The Hall–Kier alpha value is -0.340. The van der Waals surface area contributed by atoms with Crippen molar-refractivity contribution < 1.29 is 37.6 Å². The summed E-state index contributed by atoms with van der Waals surface area (Å²) in [4.78, 5) is 33.5. The number of phosphoric acid groups is 1. The molecule has 8 nitrogen and oxygen atoms in total. The van der Waals surface area contributed by atoms with Gasteiger partial charge in [0.15, 0.2) is 6.10 Å². The maximum absolute atomic E-state index is 12.1. The first-order chi connectivity index (χ1) is 17.0. The van der Waals surface area contributed by atoms with Gasteiger partial charge in [-0.3, -0.25) is 4.79 Å². The average molecular weight is 539 g/mol. The molecule has 2 unspecified atom stereocenters. The van der Waals surface area contributed by atoms with E-state index in [9.17, 15) is 14.6 Å². The number of nitrogens with zero attached hydrogens (tertiary/aromatic N) is 1. The van der Waals surface area contributed by atoms with Crippen molar-refractivity contribution in [2.75, 3.05) is 47.5 Å². The highest BCUT2D eigenvalue weighted by atomic mass is 31.2. The van der Waals surface area contributed by atoms with Crippen LogP contribution >= 0.6 is 8.17 Å². The van der Waals surface area contributed by atoms with E-state index < -0.39 is 26.3 Å². The van der Waals surface area contributed by atoms with Crippen LogP contribution < -0.4 is 4.89 Å². The van der Waals surface area contributed by atoms with E-state index in [1.807, 2.05) is 21.1 Å². The van der Waals surface area contributed by atoms with Crippen LogP contribution in [-0.4, -0.2) is 75.1 Å². The van der Waals surface area contributed by atoms with Crippen LogP contribution in [0.25, 0.3) is 0 Å². The summed E-state index contributed by atoms with van der Waals surface area (Å²) < 4.78 is 21.8. The van der Waals surface area contributed by atoms with Crippen molar-refractivity contribution in [3.05, 3.63) is 0 Å². The molecule has 0 aromatic heterocycles. The number of hydrogen-bond donors (Lipinski definition) is 1. The second-order valence-corrected chi connectivity index (χ2v) is 12.4. The number of esters is 1. The quantitative estimate of drug-likeness (QED) is 0.0702. The monoisotopic (exact) mass is 538 g/mol. The molecule has 0 aliphatic carbocycles. The first-order valence-electron chi connectivity index (χ1n) is 14.2. The summed E-state index contributed by atoms with van der Waals surface area (Å²) in [7, 11) is 1.64. The molecule has 0 aromatic carbocycles. The van der Waals surface area contributed by atoms with E-state index in [1.54, 1.807) is 6.92 Å². The van der Waals surface area contributed by atoms with Gasteiger partial charge in [-0.15, -0.1) is 0 Å². The van der Waals surface area contributed by atoms with Gasteiger partial charge in [0.2, 0.25) is 0 Å². The summed E-state index contributed by atoms with van der Waals surface area (Å²) in [5.74, 6) is -0.491. The number of ether oxygens (including phenoxy) is 2. The molecule has 216 valence electrons. The number of carbonyl (C=O) groups is 1. The third-order valence-corrected chi connectivity index (χ3v) is 7.12. The molecule has 0 saturated heterocycles. The lowest BCUT2D eigenvalue weighted by molar-refractivity contribution is -0.870. The summed E-state index contributed by atoms with van der Waals surface area (Å²) in [6, 6.07) is 0. The van der Waals surface area contributed by atoms with Crippen LogP contribution in [0.2, 0.25) is 0 Å². The fraction of sp³-hybridized carbons (Fsp3) is 0.963. The molecule has 0 radical (unpaired) electrons. The van der Waals surface area contributed by atoms with E-state index in [-0.39, 0.29) is 13.2 Å². The molecule has 3 atom stereocenters. The second kappa shape index (κ2) is 21.6. The van der Waals surface area contributed by atoms with Crippen LogP contribution in [0.15, 0.2) is 0 Å². The molecule has 0 spiro atoms. The van der Waals surface area contributed by atoms with E-state index >= 15 is 0 Å². The van der Waals surface area contributed by atoms with Crippen molar-refractivity contribution in [2.24, 2.45) is 0 Å². The predicted molar refractivity (Wildman–Crippen MR) is 145 cm³/mol. The lowest BCUT2D eigenvalue weighted by atomic mass is 10.0. The number of rotatable bonds is 25. The van der Waals surface area contributed by atoms with Crippen molar-refractivity contribution in [3.8, 4) is 0 Å². The number of phosphoric ester groups is 1. The third kappa shape index (κ3) is 24.0. The summed E-state index contributed by atoms with van der Waals surface area (Å²) in [5.41, 5.74) is 0. The smallest absolute Gasteiger partial charge is 0.377 e. The molecular weight excluding hydrogens is 481 g/mol. The summed E-state index contributed by atoms with van der Waals surface area (Å²) in [5, 5.41) is 0. The van der Waals surface area contributed by atoms with Gasteiger partial charge in [0.1, 0.15) is 19.8 Å². The Labute approximate surface area is 222 Å². The van der Waals surface area contributed by atoms with Gasteiger partial charge in [-0.25, -0.2) is 0 Å². The fourth-order valence-electron chi connectivity index (χ4n) is 3.79. The van der Waals surface area contributed by atoms with Crippen molar-refractivity contribution in [3.63, 3.8) is 0 Å². The van der Waals surface area contributed by atoms with Crippen LogP contribution in [-0.2, 0) is 23.3 Å². The van der Waals surface area contributed by atoms with Crippen LogP contribution in [0.1, 0.15) is 111 Å². The van der Waals surface area contributed by atoms with E-state index in [2.05, 4.69) is 6.92 Å². The third-order valence-electron chi connectivity index (χ3n) is 6.14. The summed E-state index contributed by atoms with van der Waals surface area (Å²) in [6.07, 6.45) is 16.9. The number of carbonyl (C=O) groups excluding carboxylic acids is 1. The Kier molecular flexibility index (Phi) is 21.4. The van der Waals surface area contributed by atoms with Crippen molar-refractivity contribution in [1.29, 1.82) is 0 Å². The molecule has 0 rings (SSSR count). The Morgan fingerprint density at radius 1 is 0.833 bits per heavy atom. The van der Waals surface area contributed by atoms with Crippen molar-refractivity contribution >= 4 is 14.1 Å². The zero-order chi connectivity index (χ0) is 27.3. The molecule has 0 fully saturated rings. The maximum Gasteiger partial charge on any atom is 0.377 e. The fourth-order valence-corrected chi connectivity index (χ4v) is 4.51. The topological polar surface area (TPSA) is 97.3 Å². The molecule has 0 bridgehead atoms. The Morgan fingerprint density at radius 2 is 1.31 bits per heavy atom. The van der Waals surface area contributed by atoms with E-state index in [0.29, 0.717) is 17.6 Å². The molecule has 0 saturated carbocycles. The average Bonchev–Trinajstić information content (AvgIpc) is 2.77. The van der Waals surface area contributed by atoms with E-state index in [0.717, 1.165) is 12.8 Å². The lowest BCUT2D eigenvalue weighted by Crippen LogP contribution is -2.38. The normalized spacial score (nSPS) is 15.4. The summed E-state index contributed by atoms with van der Waals surface area (Å²) in [6.45, 7) is 6.26. The van der Waals surface area contributed by atoms with Crippen LogP contribution in [0.4, 0.5) is 0 Å². The second-order valence-electron chi connectivity index (χ2n) is 10.9. The molecule has 0 aliphatic rings. The number of quaternary nitrogens is 1. The van der Waals surface area contributed by atoms with Gasteiger partial charge in [-0.05, 0) is 13.3 Å².